The van der Waals surface area contributed by atoms with Crippen LogP contribution in [0.1, 0.15) is 20.9 Å². The number of carbonyl (C=O) groups is 1. The van der Waals surface area contributed by atoms with E-state index in [1.807, 2.05) is 18.2 Å². The van der Waals surface area contributed by atoms with Gasteiger partial charge >= 0.3 is 0 Å². The molecule has 0 aliphatic carbocycles. The number of amides is 1. The van der Waals surface area contributed by atoms with Crippen molar-refractivity contribution < 1.29 is 9.53 Å². The summed E-state index contributed by atoms with van der Waals surface area (Å²) in [6.07, 6.45) is 1.71. The number of aryl methyl sites for hydroxylation is 2. The third kappa shape index (κ3) is 4.17. The number of hydrogen-bond donors (Lipinski definition) is 1. The zero-order chi connectivity index (χ0) is 16.8. The van der Waals surface area contributed by atoms with Gasteiger partial charge in [-0.15, -0.1) is 10.2 Å². The summed E-state index contributed by atoms with van der Waals surface area (Å²) in [5.41, 5.74) is 1.81. The van der Waals surface area contributed by atoms with Crippen LogP contribution in [0.25, 0.3) is 0 Å². The van der Waals surface area contributed by atoms with Gasteiger partial charge in [0.25, 0.3) is 5.91 Å². The number of carbonyl (C=O) groups excluding carboxylic acids is 1. The van der Waals surface area contributed by atoms with Crippen molar-refractivity contribution in [3.05, 3.63) is 70.7 Å². The highest BCUT2D eigenvalue weighted by molar-refractivity contribution is 7.15. The Kier molecular flexibility index (Phi) is 5.18. The van der Waals surface area contributed by atoms with Crippen LogP contribution in [0.3, 0.4) is 0 Å². The maximum absolute atomic E-state index is 12.2. The van der Waals surface area contributed by atoms with Gasteiger partial charge in [0.05, 0.1) is 7.11 Å². The highest BCUT2D eigenvalue weighted by Crippen LogP contribution is 2.19. The van der Waals surface area contributed by atoms with Crippen LogP contribution in [0.15, 0.2) is 54.6 Å². The van der Waals surface area contributed by atoms with Gasteiger partial charge in [-0.05, 0) is 36.2 Å². The lowest BCUT2D eigenvalue weighted by Gasteiger charge is -2.02. The number of rotatable bonds is 6. The first kappa shape index (κ1) is 16.1. The molecule has 2 aromatic carbocycles. The van der Waals surface area contributed by atoms with Crippen LogP contribution in [0, 0.1) is 0 Å². The molecular formula is C18H17N3O2S. The Morgan fingerprint density at radius 1 is 1.04 bits per heavy atom. The summed E-state index contributed by atoms with van der Waals surface area (Å²) in [6.45, 7) is 0. The van der Waals surface area contributed by atoms with Crippen molar-refractivity contribution in [1.82, 2.24) is 10.2 Å². The maximum atomic E-state index is 12.2. The highest BCUT2D eigenvalue weighted by atomic mass is 32.1. The number of methoxy groups -OCH3 is 1. The number of nitrogens with one attached hydrogen (secondary N) is 1. The third-order valence-corrected chi connectivity index (χ3v) is 4.41. The standard InChI is InChI=1S/C18H17N3O2S/c1-23-15-10-8-14(9-11-15)17(22)19-18-21-20-16(24-18)12-7-13-5-3-2-4-6-13/h2-6,8-11H,7,12H2,1H3,(H,19,21,22). The second-order valence-corrected chi connectivity index (χ2v) is 6.23. The van der Waals surface area contributed by atoms with Crippen LogP contribution in [0.2, 0.25) is 0 Å². The maximum Gasteiger partial charge on any atom is 0.257 e. The van der Waals surface area contributed by atoms with Crippen LogP contribution in [0.5, 0.6) is 5.75 Å². The fraction of sp³-hybridized carbons (Fsp3) is 0.167. The van der Waals surface area contributed by atoms with Gasteiger partial charge in [-0.25, -0.2) is 0 Å². The minimum absolute atomic E-state index is 0.205. The Hall–Kier alpha value is -2.73. The van der Waals surface area contributed by atoms with Crippen molar-refractivity contribution in [1.29, 1.82) is 0 Å². The second kappa shape index (κ2) is 7.70. The molecule has 0 saturated heterocycles. The summed E-state index contributed by atoms with van der Waals surface area (Å²) in [5.74, 6) is 0.508. The molecule has 0 fully saturated rings. The summed E-state index contributed by atoms with van der Waals surface area (Å²) < 4.78 is 5.08. The molecule has 3 aromatic rings. The molecule has 0 atom stereocenters. The fourth-order valence-electron chi connectivity index (χ4n) is 2.21. The number of hydrogen-bond acceptors (Lipinski definition) is 5. The Morgan fingerprint density at radius 3 is 2.50 bits per heavy atom. The minimum Gasteiger partial charge on any atom is -0.497 e. The lowest BCUT2D eigenvalue weighted by Crippen LogP contribution is -2.11. The van der Waals surface area contributed by atoms with Gasteiger partial charge in [-0.2, -0.15) is 0 Å². The average molecular weight is 339 g/mol. The molecule has 0 bridgehead atoms. The van der Waals surface area contributed by atoms with Crippen LogP contribution in [-0.2, 0) is 12.8 Å². The molecule has 0 radical (unpaired) electrons. The van der Waals surface area contributed by atoms with Crippen LogP contribution >= 0.6 is 11.3 Å². The predicted octanol–water partition coefficient (Wildman–Crippen LogP) is 3.58. The summed E-state index contributed by atoms with van der Waals surface area (Å²) in [7, 11) is 1.59. The second-order valence-electron chi connectivity index (χ2n) is 5.17. The molecule has 122 valence electrons. The molecular weight excluding hydrogens is 322 g/mol. The Labute approximate surface area is 144 Å². The van der Waals surface area contributed by atoms with Gasteiger partial charge in [0.2, 0.25) is 5.13 Å². The van der Waals surface area contributed by atoms with Crippen molar-refractivity contribution >= 4 is 22.4 Å². The molecule has 6 heteroatoms. The first-order valence-corrected chi connectivity index (χ1v) is 8.38. The zero-order valence-electron chi connectivity index (χ0n) is 13.2. The molecule has 1 heterocycles. The van der Waals surface area contributed by atoms with E-state index >= 15 is 0 Å². The summed E-state index contributed by atoms with van der Waals surface area (Å²) in [5, 5.41) is 12.4. The van der Waals surface area contributed by atoms with Crippen molar-refractivity contribution in [3.63, 3.8) is 0 Å². The monoisotopic (exact) mass is 339 g/mol. The van der Waals surface area contributed by atoms with E-state index in [4.69, 9.17) is 4.74 Å². The first-order valence-electron chi connectivity index (χ1n) is 7.56. The van der Waals surface area contributed by atoms with Crippen molar-refractivity contribution in [2.75, 3.05) is 12.4 Å². The van der Waals surface area contributed by atoms with E-state index in [1.54, 1.807) is 31.4 Å². The molecule has 1 aromatic heterocycles. The summed E-state index contributed by atoms with van der Waals surface area (Å²) in [6, 6.07) is 17.2. The Bertz CT molecular complexity index is 801. The molecule has 24 heavy (non-hydrogen) atoms. The molecule has 0 aliphatic heterocycles. The topological polar surface area (TPSA) is 64.1 Å². The molecule has 0 saturated carbocycles. The van der Waals surface area contributed by atoms with Gasteiger partial charge in [-0.3, -0.25) is 10.1 Å². The van der Waals surface area contributed by atoms with E-state index in [1.165, 1.54) is 16.9 Å². The molecule has 5 nitrogen and oxygen atoms in total. The minimum atomic E-state index is -0.205. The van der Waals surface area contributed by atoms with Crippen molar-refractivity contribution in [2.24, 2.45) is 0 Å². The fourth-order valence-corrected chi connectivity index (χ4v) is 2.95. The zero-order valence-corrected chi connectivity index (χ0v) is 14.0. The van der Waals surface area contributed by atoms with E-state index in [9.17, 15) is 4.79 Å². The molecule has 0 aliphatic rings. The van der Waals surface area contributed by atoms with E-state index in [-0.39, 0.29) is 5.91 Å². The molecule has 0 unspecified atom stereocenters. The Morgan fingerprint density at radius 2 is 1.79 bits per heavy atom. The van der Waals surface area contributed by atoms with Gasteiger partial charge in [0.15, 0.2) is 0 Å². The lowest BCUT2D eigenvalue weighted by molar-refractivity contribution is 0.102. The summed E-state index contributed by atoms with van der Waals surface area (Å²) >= 11 is 1.40. The number of aromatic nitrogens is 2. The van der Waals surface area contributed by atoms with Crippen LogP contribution < -0.4 is 10.1 Å². The number of benzene rings is 2. The Balaban J connectivity index is 1.57. The lowest BCUT2D eigenvalue weighted by atomic mass is 10.1. The van der Waals surface area contributed by atoms with Crippen molar-refractivity contribution in [2.45, 2.75) is 12.8 Å². The van der Waals surface area contributed by atoms with Crippen LogP contribution in [0.4, 0.5) is 5.13 Å². The van der Waals surface area contributed by atoms with E-state index in [0.717, 1.165) is 17.8 Å². The van der Waals surface area contributed by atoms with Gasteiger partial charge < -0.3 is 4.74 Å². The van der Waals surface area contributed by atoms with Gasteiger partial charge in [0, 0.05) is 12.0 Å². The SMILES string of the molecule is COc1ccc(C(=O)Nc2nnc(CCc3ccccc3)s2)cc1. The van der Waals surface area contributed by atoms with E-state index in [0.29, 0.717) is 16.4 Å². The number of anilines is 1. The highest BCUT2D eigenvalue weighted by Gasteiger charge is 2.10. The predicted molar refractivity (Wildman–Crippen MR) is 94.7 cm³/mol. The van der Waals surface area contributed by atoms with E-state index in [2.05, 4.69) is 27.6 Å². The van der Waals surface area contributed by atoms with Crippen LogP contribution in [-0.4, -0.2) is 23.2 Å². The molecule has 3 rings (SSSR count). The number of nitrogens with zero attached hydrogens (tertiary/aromatic N) is 2. The first-order chi connectivity index (χ1) is 11.7. The smallest absolute Gasteiger partial charge is 0.257 e. The van der Waals surface area contributed by atoms with Gasteiger partial charge in [-0.1, -0.05) is 41.7 Å². The summed E-state index contributed by atoms with van der Waals surface area (Å²) in [4.78, 5) is 12.2. The molecule has 1 amide bonds. The van der Waals surface area contributed by atoms with Gasteiger partial charge in [0.1, 0.15) is 10.8 Å². The van der Waals surface area contributed by atoms with E-state index < -0.39 is 0 Å². The van der Waals surface area contributed by atoms with Crippen molar-refractivity contribution in [3.8, 4) is 5.75 Å². The molecule has 0 spiro atoms. The normalized spacial score (nSPS) is 10.4. The largest absolute Gasteiger partial charge is 0.497 e. The third-order valence-electron chi connectivity index (χ3n) is 3.51. The average Bonchev–Trinajstić information content (AvgIpc) is 3.08. The number of ether oxygens (including phenoxy) is 1. The molecule has 1 N–H and O–H groups in total. The quantitative estimate of drug-likeness (QED) is 0.745.